The third-order valence-corrected chi connectivity index (χ3v) is 2.04. The van der Waals surface area contributed by atoms with Crippen LogP contribution in [0.1, 0.15) is 18.9 Å². The van der Waals surface area contributed by atoms with Gasteiger partial charge < -0.3 is 4.74 Å². The molecule has 0 radical (unpaired) electrons. The third kappa shape index (κ3) is 4.49. The first-order valence-electron chi connectivity index (χ1n) is 5.15. The van der Waals surface area contributed by atoms with Gasteiger partial charge in [-0.15, -0.1) is 6.58 Å². The van der Waals surface area contributed by atoms with E-state index in [1.165, 1.54) is 0 Å². The van der Waals surface area contributed by atoms with Crippen molar-refractivity contribution >= 4 is 0 Å². The molecule has 0 amide bonds. The van der Waals surface area contributed by atoms with Gasteiger partial charge in [0.2, 0.25) is 0 Å². The normalized spacial score (nSPS) is 11.3. The highest BCUT2D eigenvalue weighted by atomic mass is 16.5. The van der Waals surface area contributed by atoms with E-state index in [4.69, 9.17) is 4.74 Å². The van der Waals surface area contributed by atoms with Gasteiger partial charge in [0.05, 0.1) is 6.10 Å². The molecule has 0 saturated heterocycles. The van der Waals surface area contributed by atoms with E-state index in [2.05, 4.69) is 25.3 Å². The molecule has 0 heterocycles. The van der Waals surface area contributed by atoms with Crippen molar-refractivity contribution in [2.45, 2.75) is 19.4 Å². The minimum atomic E-state index is 0.120. The van der Waals surface area contributed by atoms with Gasteiger partial charge in [-0.3, -0.25) is 0 Å². The number of hydrogen-bond donors (Lipinski definition) is 0. The topological polar surface area (TPSA) is 9.23 Å². The molecule has 0 spiro atoms. The van der Waals surface area contributed by atoms with Crippen LogP contribution in [0.2, 0.25) is 0 Å². The van der Waals surface area contributed by atoms with Crippen LogP contribution in [0.15, 0.2) is 43.0 Å². The molecule has 1 aromatic rings. The van der Waals surface area contributed by atoms with Crippen LogP contribution in [-0.2, 0) is 4.74 Å². The van der Waals surface area contributed by atoms with Gasteiger partial charge in [0.15, 0.2) is 0 Å². The molecular formula is C14H16O. The zero-order valence-electron chi connectivity index (χ0n) is 9.07. The fourth-order valence-electron chi connectivity index (χ4n) is 1.16. The maximum atomic E-state index is 5.47. The second kappa shape index (κ2) is 6.86. The predicted molar refractivity (Wildman–Crippen MR) is 63.5 cm³/mol. The van der Waals surface area contributed by atoms with Crippen LogP contribution >= 0.6 is 0 Å². The molecule has 0 N–H and O–H groups in total. The van der Waals surface area contributed by atoms with Crippen molar-refractivity contribution < 1.29 is 4.74 Å². The Labute approximate surface area is 91.8 Å². The molecule has 1 atom stereocenters. The number of ether oxygens (including phenoxy) is 1. The predicted octanol–water partition coefficient (Wildman–Crippen LogP) is 3.02. The Morgan fingerprint density at radius 2 is 2.13 bits per heavy atom. The maximum absolute atomic E-state index is 5.47. The van der Waals surface area contributed by atoms with Crippen molar-refractivity contribution in [2.24, 2.45) is 0 Å². The van der Waals surface area contributed by atoms with E-state index in [0.29, 0.717) is 6.61 Å². The molecule has 0 aromatic heterocycles. The van der Waals surface area contributed by atoms with Gasteiger partial charge in [-0.1, -0.05) is 43.0 Å². The Hall–Kier alpha value is -1.52. The van der Waals surface area contributed by atoms with Gasteiger partial charge in [0.1, 0.15) is 6.61 Å². The van der Waals surface area contributed by atoms with E-state index in [9.17, 15) is 0 Å². The molecule has 1 unspecified atom stereocenters. The number of benzene rings is 1. The third-order valence-electron chi connectivity index (χ3n) is 2.04. The van der Waals surface area contributed by atoms with Gasteiger partial charge in [0, 0.05) is 5.56 Å². The van der Waals surface area contributed by atoms with Gasteiger partial charge in [-0.25, -0.2) is 0 Å². The van der Waals surface area contributed by atoms with Crippen molar-refractivity contribution in [1.29, 1.82) is 0 Å². The first kappa shape index (κ1) is 11.6. The van der Waals surface area contributed by atoms with E-state index in [-0.39, 0.29) is 6.10 Å². The molecule has 0 fully saturated rings. The average Bonchev–Trinajstić information content (AvgIpc) is 2.31. The van der Waals surface area contributed by atoms with E-state index in [1.807, 2.05) is 36.4 Å². The molecule has 1 rings (SSSR count). The van der Waals surface area contributed by atoms with E-state index in [1.54, 1.807) is 0 Å². The second-order valence-corrected chi connectivity index (χ2v) is 3.16. The summed E-state index contributed by atoms with van der Waals surface area (Å²) in [6, 6.07) is 9.90. The van der Waals surface area contributed by atoms with E-state index in [0.717, 1.165) is 12.0 Å². The van der Waals surface area contributed by atoms with Crippen LogP contribution in [0.25, 0.3) is 0 Å². The maximum Gasteiger partial charge on any atom is 0.108 e. The quantitative estimate of drug-likeness (QED) is 0.536. The molecule has 15 heavy (non-hydrogen) atoms. The van der Waals surface area contributed by atoms with Crippen LogP contribution in [0, 0.1) is 11.8 Å². The molecular weight excluding hydrogens is 184 g/mol. The smallest absolute Gasteiger partial charge is 0.108 e. The minimum Gasteiger partial charge on any atom is -0.362 e. The van der Waals surface area contributed by atoms with Gasteiger partial charge in [-0.05, 0) is 18.6 Å². The van der Waals surface area contributed by atoms with Crippen molar-refractivity contribution in [3.8, 4) is 11.8 Å². The second-order valence-electron chi connectivity index (χ2n) is 3.16. The highest BCUT2D eigenvalue weighted by Gasteiger charge is 1.97. The molecule has 0 aliphatic carbocycles. The highest BCUT2D eigenvalue weighted by Crippen LogP contribution is 1.98. The lowest BCUT2D eigenvalue weighted by Crippen LogP contribution is -2.07. The Morgan fingerprint density at radius 1 is 1.40 bits per heavy atom. The zero-order chi connectivity index (χ0) is 10.9. The van der Waals surface area contributed by atoms with Crippen LogP contribution in [0.4, 0.5) is 0 Å². The molecule has 1 aromatic carbocycles. The SMILES string of the molecule is C=CC(CC)OCC#Cc1ccccc1. The lowest BCUT2D eigenvalue weighted by molar-refractivity contribution is 0.111. The molecule has 1 heteroatoms. The summed E-state index contributed by atoms with van der Waals surface area (Å²) in [5.74, 6) is 6.02. The summed E-state index contributed by atoms with van der Waals surface area (Å²) in [7, 11) is 0. The Kier molecular flexibility index (Phi) is 5.29. The summed E-state index contributed by atoms with van der Waals surface area (Å²) in [6.45, 7) is 6.22. The van der Waals surface area contributed by atoms with Crippen molar-refractivity contribution in [3.63, 3.8) is 0 Å². The van der Waals surface area contributed by atoms with Crippen molar-refractivity contribution in [1.82, 2.24) is 0 Å². The minimum absolute atomic E-state index is 0.120. The van der Waals surface area contributed by atoms with Crippen LogP contribution < -0.4 is 0 Å². The summed E-state index contributed by atoms with van der Waals surface area (Å²) in [5, 5.41) is 0. The van der Waals surface area contributed by atoms with Crippen molar-refractivity contribution in [3.05, 3.63) is 48.6 Å². The molecule has 0 bridgehead atoms. The standard InChI is InChI=1S/C14H16O/c1-3-14(4-2)15-12-8-11-13-9-6-5-7-10-13/h3,5-7,9-10,14H,1,4,12H2,2H3. The summed E-state index contributed by atoms with van der Waals surface area (Å²) in [5.41, 5.74) is 1.02. The fourth-order valence-corrected chi connectivity index (χ4v) is 1.16. The van der Waals surface area contributed by atoms with Crippen LogP contribution in [0.5, 0.6) is 0 Å². The summed E-state index contributed by atoms with van der Waals surface area (Å²) >= 11 is 0. The molecule has 0 saturated carbocycles. The van der Waals surface area contributed by atoms with Crippen molar-refractivity contribution in [2.75, 3.05) is 6.61 Å². The molecule has 78 valence electrons. The average molecular weight is 200 g/mol. The summed E-state index contributed by atoms with van der Waals surface area (Å²) in [4.78, 5) is 0. The lowest BCUT2D eigenvalue weighted by atomic mass is 10.2. The van der Waals surface area contributed by atoms with E-state index >= 15 is 0 Å². The number of hydrogen-bond acceptors (Lipinski definition) is 1. The first-order valence-corrected chi connectivity index (χ1v) is 5.15. The Balaban J connectivity index is 2.37. The summed E-state index contributed by atoms with van der Waals surface area (Å²) in [6.07, 6.45) is 2.87. The van der Waals surface area contributed by atoms with Gasteiger partial charge >= 0.3 is 0 Å². The molecule has 1 nitrogen and oxygen atoms in total. The number of rotatable bonds is 4. The van der Waals surface area contributed by atoms with Gasteiger partial charge in [-0.2, -0.15) is 0 Å². The van der Waals surface area contributed by atoms with E-state index < -0.39 is 0 Å². The summed E-state index contributed by atoms with van der Waals surface area (Å²) < 4.78 is 5.47. The first-order chi connectivity index (χ1) is 7.36. The zero-order valence-corrected chi connectivity index (χ0v) is 9.07. The lowest BCUT2D eigenvalue weighted by Gasteiger charge is -2.07. The Morgan fingerprint density at radius 3 is 2.73 bits per heavy atom. The highest BCUT2D eigenvalue weighted by molar-refractivity contribution is 5.33. The monoisotopic (exact) mass is 200 g/mol. The molecule has 0 aliphatic rings. The van der Waals surface area contributed by atoms with Gasteiger partial charge in [0.25, 0.3) is 0 Å². The fraction of sp³-hybridized carbons (Fsp3) is 0.286. The van der Waals surface area contributed by atoms with Crippen LogP contribution in [0.3, 0.4) is 0 Å². The van der Waals surface area contributed by atoms with Crippen LogP contribution in [-0.4, -0.2) is 12.7 Å². The largest absolute Gasteiger partial charge is 0.362 e. The molecule has 0 aliphatic heterocycles. The Bertz CT molecular complexity index is 343.